The van der Waals surface area contributed by atoms with E-state index in [1.165, 1.54) is 49.1 Å². The van der Waals surface area contributed by atoms with Crippen LogP contribution in [0.5, 0.6) is 0 Å². The summed E-state index contributed by atoms with van der Waals surface area (Å²) in [6.07, 6.45) is 9.66. The quantitative estimate of drug-likeness (QED) is 0.687. The Morgan fingerprint density at radius 1 is 1.18 bits per heavy atom. The fourth-order valence-corrected chi connectivity index (χ4v) is 5.56. The van der Waals surface area contributed by atoms with Gasteiger partial charge in [-0.3, -0.25) is 4.98 Å². The van der Waals surface area contributed by atoms with E-state index >= 15 is 0 Å². The maximum atomic E-state index is 5.75. The number of aryl methyl sites for hydroxylation is 1. The van der Waals surface area contributed by atoms with Gasteiger partial charge in [0.25, 0.3) is 0 Å². The molecule has 150 valence electrons. The Morgan fingerprint density at radius 2 is 1.96 bits per heavy atom. The lowest BCUT2D eigenvalue weighted by molar-refractivity contribution is 0.312. The van der Waals surface area contributed by atoms with Gasteiger partial charge >= 0.3 is 0 Å². The molecule has 2 atom stereocenters. The Kier molecular flexibility index (Phi) is 5.72. The molecule has 4 nitrogen and oxygen atoms in total. The van der Waals surface area contributed by atoms with Crippen molar-refractivity contribution < 1.29 is 0 Å². The Labute approximate surface area is 174 Å². The first-order chi connectivity index (χ1) is 13.6. The molecule has 0 unspecified atom stereocenters. The zero-order chi connectivity index (χ0) is 19.7. The second-order valence-electron chi connectivity index (χ2n) is 8.31. The summed E-state index contributed by atoms with van der Waals surface area (Å²) in [5.41, 5.74) is 5.26. The zero-order valence-electron chi connectivity index (χ0n) is 17.3. The van der Waals surface area contributed by atoms with Crippen molar-refractivity contribution in [3.8, 4) is 0 Å². The van der Waals surface area contributed by atoms with Gasteiger partial charge in [0.1, 0.15) is 0 Å². The zero-order valence-corrected chi connectivity index (χ0v) is 18.1. The summed E-state index contributed by atoms with van der Waals surface area (Å²) in [4.78, 5) is 7.04. The molecule has 5 heteroatoms. The highest BCUT2D eigenvalue weighted by Crippen LogP contribution is 2.42. The van der Waals surface area contributed by atoms with E-state index in [2.05, 4.69) is 58.7 Å². The number of hydrogen-bond donors (Lipinski definition) is 1. The van der Waals surface area contributed by atoms with E-state index in [-0.39, 0.29) is 12.1 Å². The van der Waals surface area contributed by atoms with Crippen molar-refractivity contribution in [3.63, 3.8) is 0 Å². The molecule has 1 aliphatic carbocycles. The van der Waals surface area contributed by atoms with E-state index in [4.69, 9.17) is 12.2 Å². The van der Waals surface area contributed by atoms with Crippen LogP contribution in [0.1, 0.15) is 86.2 Å². The predicted octanol–water partition coefficient (Wildman–Crippen LogP) is 5.39. The molecule has 2 aromatic heterocycles. The molecule has 0 spiro atoms. The van der Waals surface area contributed by atoms with Gasteiger partial charge in [-0.05, 0) is 69.1 Å². The summed E-state index contributed by atoms with van der Waals surface area (Å²) in [5, 5.41) is 4.43. The Bertz CT molecular complexity index is 823. The van der Waals surface area contributed by atoms with Crippen LogP contribution in [0, 0.1) is 13.8 Å². The van der Waals surface area contributed by atoms with Crippen LogP contribution in [0.25, 0.3) is 0 Å². The van der Waals surface area contributed by atoms with E-state index in [1.807, 2.05) is 12.3 Å². The van der Waals surface area contributed by atoms with Gasteiger partial charge in [-0.2, -0.15) is 0 Å². The van der Waals surface area contributed by atoms with Gasteiger partial charge < -0.3 is 14.8 Å². The first kappa shape index (κ1) is 19.4. The maximum absolute atomic E-state index is 5.75. The molecular formula is C23H32N4S. The monoisotopic (exact) mass is 396 g/mol. The van der Waals surface area contributed by atoms with Crippen molar-refractivity contribution in [2.75, 3.05) is 6.54 Å². The van der Waals surface area contributed by atoms with Crippen LogP contribution in [0.3, 0.4) is 0 Å². The summed E-state index contributed by atoms with van der Waals surface area (Å²) in [6, 6.07) is 9.51. The average Bonchev–Trinajstić information content (AvgIpc) is 3.19. The number of pyridine rings is 1. The first-order valence-corrected chi connectivity index (χ1v) is 11.2. The molecule has 1 N–H and O–H groups in total. The van der Waals surface area contributed by atoms with Crippen molar-refractivity contribution in [2.45, 2.75) is 77.4 Å². The highest BCUT2D eigenvalue weighted by molar-refractivity contribution is 7.80. The smallest absolute Gasteiger partial charge is 0.170 e. The molecule has 0 amide bonds. The minimum absolute atomic E-state index is 0.0977. The third-order valence-corrected chi connectivity index (χ3v) is 6.80. The largest absolute Gasteiger partial charge is 0.352 e. The highest BCUT2D eigenvalue weighted by atomic mass is 32.1. The van der Waals surface area contributed by atoms with Gasteiger partial charge in [0.2, 0.25) is 0 Å². The lowest BCUT2D eigenvalue weighted by Crippen LogP contribution is -2.30. The maximum Gasteiger partial charge on any atom is 0.170 e. The lowest BCUT2D eigenvalue weighted by atomic mass is 9.94. The molecule has 3 heterocycles. The third kappa shape index (κ3) is 3.45. The first-order valence-electron chi connectivity index (χ1n) is 10.8. The summed E-state index contributed by atoms with van der Waals surface area (Å²) in [7, 11) is 0. The molecule has 2 aromatic rings. The molecule has 2 fully saturated rings. The van der Waals surface area contributed by atoms with Crippen LogP contribution in [-0.4, -0.2) is 26.1 Å². The summed E-state index contributed by atoms with van der Waals surface area (Å²) in [5.74, 6) is 0. The van der Waals surface area contributed by atoms with Crippen molar-refractivity contribution in [2.24, 2.45) is 0 Å². The predicted molar refractivity (Wildman–Crippen MR) is 118 cm³/mol. The number of nitrogens with one attached hydrogen (secondary N) is 1. The molecule has 1 saturated carbocycles. The van der Waals surface area contributed by atoms with E-state index in [1.54, 1.807) is 0 Å². The van der Waals surface area contributed by atoms with Crippen molar-refractivity contribution >= 4 is 17.3 Å². The standard InChI is InChI=1S/C23H32N4S/c1-4-14-26-22(21(25-23(26)28)20-12-8-9-13-24-20)19-15-16(2)27(17(19)3)18-10-6-5-7-11-18/h8-9,12-13,15,18,21-22H,4-7,10-11,14H2,1-3H3,(H,25,28)/t21-,22+/m1/s1. The van der Waals surface area contributed by atoms with Gasteiger partial charge in [-0.25, -0.2) is 0 Å². The van der Waals surface area contributed by atoms with Crippen LogP contribution < -0.4 is 5.32 Å². The van der Waals surface area contributed by atoms with E-state index < -0.39 is 0 Å². The number of aromatic nitrogens is 2. The Morgan fingerprint density at radius 3 is 2.64 bits per heavy atom. The second kappa shape index (κ2) is 8.24. The molecule has 1 aliphatic heterocycles. The lowest BCUT2D eigenvalue weighted by Gasteiger charge is -2.29. The van der Waals surface area contributed by atoms with Gasteiger partial charge in [-0.15, -0.1) is 0 Å². The number of hydrogen-bond acceptors (Lipinski definition) is 2. The molecule has 4 rings (SSSR count). The fourth-order valence-electron chi connectivity index (χ4n) is 5.23. The third-order valence-electron chi connectivity index (χ3n) is 6.44. The minimum atomic E-state index is 0.0977. The molecule has 0 bridgehead atoms. The van der Waals surface area contributed by atoms with Crippen LogP contribution in [0.15, 0.2) is 30.5 Å². The number of thiocarbonyl (C=S) groups is 1. The normalized spacial score (nSPS) is 23.2. The molecule has 1 saturated heterocycles. The van der Waals surface area contributed by atoms with Gasteiger partial charge in [-0.1, -0.05) is 32.3 Å². The SMILES string of the molecule is CCCN1C(=S)N[C@H](c2ccccn2)[C@@H]1c1cc(C)n(C2CCCCC2)c1C. The minimum Gasteiger partial charge on any atom is -0.352 e. The van der Waals surface area contributed by atoms with Crippen LogP contribution in [0.4, 0.5) is 0 Å². The number of nitrogens with zero attached hydrogens (tertiary/aromatic N) is 3. The fraction of sp³-hybridized carbons (Fsp3) is 0.565. The van der Waals surface area contributed by atoms with Crippen LogP contribution in [-0.2, 0) is 0 Å². The average molecular weight is 397 g/mol. The molecule has 28 heavy (non-hydrogen) atoms. The van der Waals surface area contributed by atoms with Crippen molar-refractivity contribution in [1.29, 1.82) is 0 Å². The molecule has 0 radical (unpaired) electrons. The number of rotatable bonds is 5. The van der Waals surface area contributed by atoms with E-state index in [9.17, 15) is 0 Å². The summed E-state index contributed by atoms with van der Waals surface area (Å²) < 4.78 is 2.61. The summed E-state index contributed by atoms with van der Waals surface area (Å²) in [6.45, 7) is 7.76. The van der Waals surface area contributed by atoms with E-state index in [0.29, 0.717) is 6.04 Å². The van der Waals surface area contributed by atoms with Crippen LogP contribution >= 0.6 is 12.2 Å². The van der Waals surface area contributed by atoms with Crippen LogP contribution in [0.2, 0.25) is 0 Å². The summed E-state index contributed by atoms with van der Waals surface area (Å²) >= 11 is 5.75. The van der Waals surface area contributed by atoms with E-state index in [0.717, 1.165) is 23.8 Å². The van der Waals surface area contributed by atoms with Crippen molar-refractivity contribution in [1.82, 2.24) is 19.8 Å². The van der Waals surface area contributed by atoms with Gasteiger partial charge in [0.15, 0.2) is 5.11 Å². The van der Waals surface area contributed by atoms with Crippen molar-refractivity contribution in [3.05, 3.63) is 53.1 Å². The Hall–Kier alpha value is -1.88. The molecule has 0 aromatic carbocycles. The molecule has 2 aliphatic rings. The topological polar surface area (TPSA) is 33.1 Å². The molecular weight excluding hydrogens is 364 g/mol. The highest BCUT2D eigenvalue weighted by Gasteiger charge is 2.41. The Balaban J connectivity index is 1.76. The van der Waals surface area contributed by atoms with Gasteiger partial charge in [0, 0.05) is 30.2 Å². The van der Waals surface area contributed by atoms with Gasteiger partial charge in [0.05, 0.1) is 17.8 Å². The second-order valence-corrected chi connectivity index (χ2v) is 8.70.